The van der Waals surface area contributed by atoms with Crippen molar-refractivity contribution < 1.29 is 8.42 Å². The lowest BCUT2D eigenvalue weighted by molar-refractivity contribution is 0.307. The molecule has 114 valence electrons. The van der Waals surface area contributed by atoms with Crippen LogP contribution in [0.25, 0.3) is 0 Å². The van der Waals surface area contributed by atoms with E-state index in [1.165, 1.54) is 19.3 Å². The summed E-state index contributed by atoms with van der Waals surface area (Å²) in [5.74, 6) is 0.832. The number of hydrogen-bond donors (Lipinski definition) is 2. The van der Waals surface area contributed by atoms with Crippen molar-refractivity contribution in [2.24, 2.45) is 11.7 Å². The van der Waals surface area contributed by atoms with Crippen LogP contribution < -0.4 is 10.5 Å². The Balaban J connectivity index is 0.00000200. The van der Waals surface area contributed by atoms with Crippen molar-refractivity contribution in [1.82, 2.24) is 4.72 Å². The molecule has 1 aromatic rings. The highest BCUT2D eigenvalue weighted by Crippen LogP contribution is 2.29. The first-order valence-corrected chi connectivity index (χ1v) is 8.50. The molecule has 1 atom stereocenters. The summed E-state index contributed by atoms with van der Waals surface area (Å²) in [4.78, 5) is 0. The van der Waals surface area contributed by atoms with Gasteiger partial charge in [-0.05, 0) is 17.9 Å². The van der Waals surface area contributed by atoms with Crippen LogP contribution in [0.3, 0.4) is 0 Å². The number of benzene rings is 1. The second-order valence-corrected chi connectivity index (χ2v) is 7.20. The molecule has 1 aromatic carbocycles. The summed E-state index contributed by atoms with van der Waals surface area (Å²) in [5.41, 5.74) is 6.92. The lowest BCUT2D eigenvalue weighted by atomic mass is 9.84. The third kappa shape index (κ3) is 5.40. The molecule has 1 fully saturated rings. The van der Waals surface area contributed by atoms with Gasteiger partial charge in [-0.3, -0.25) is 0 Å². The molecule has 0 aliphatic heterocycles. The number of rotatable bonds is 7. The fourth-order valence-electron chi connectivity index (χ4n) is 2.21. The van der Waals surface area contributed by atoms with Gasteiger partial charge in [0.25, 0.3) is 0 Å². The minimum atomic E-state index is -3.19. The van der Waals surface area contributed by atoms with Crippen LogP contribution in [0.1, 0.15) is 37.3 Å². The molecule has 0 amide bonds. The smallest absolute Gasteiger partial charge is 0.211 e. The van der Waals surface area contributed by atoms with Crippen molar-refractivity contribution in [3.8, 4) is 0 Å². The van der Waals surface area contributed by atoms with Gasteiger partial charge in [-0.2, -0.15) is 0 Å². The molecule has 0 heterocycles. The Labute approximate surface area is 127 Å². The Bertz CT molecular complexity index is 489. The van der Waals surface area contributed by atoms with Crippen LogP contribution in [-0.2, 0) is 10.0 Å². The van der Waals surface area contributed by atoms with Crippen molar-refractivity contribution in [1.29, 1.82) is 0 Å². The number of halogens is 1. The molecule has 3 N–H and O–H groups in total. The Morgan fingerprint density at radius 1 is 1.25 bits per heavy atom. The SMILES string of the molecule is Cl.NC(CNS(=O)(=O)CCC1CCC1)c1ccccc1. The second kappa shape index (κ2) is 7.98. The average Bonchev–Trinajstić information content (AvgIpc) is 2.35. The fraction of sp³-hybridized carbons (Fsp3) is 0.571. The topological polar surface area (TPSA) is 72.2 Å². The van der Waals surface area contributed by atoms with Crippen molar-refractivity contribution in [3.05, 3.63) is 35.9 Å². The van der Waals surface area contributed by atoms with E-state index in [0.29, 0.717) is 5.92 Å². The van der Waals surface area contributed by atoms with Gasteiger partial charge in [-0.25, -0.2) is 13.1 Å². The van der Waals surface area contributed by atoms with Crippen LogP contribution in [0.2, 0.25) is 0 Å². The summed E-state index contributed by atoms with van der Waals surface area (Å²) in [6, 6.07) is 9.25. The van der Waals surface area contributed by atoms with Gasteiger partial charge in [-0.15, -0.1) is 12.4 Å². The first-order valence-electron chi connectivity index (χ1n) is 6.85. The third-order valence-corrected chi connectivity index (χ3v) is 5.15. The minimum Gasteiger partial charge on any atom is -0.323 e. The summed E-state index contributed by atoms with van der Waals surface area (Å²) in [5, 5.41) is 0. The maximum atomic E-state index is 11.8. The van der Waals surface area contributed by atoms with E-state index in [1.807, 2.05) is 30.3 Å². The van der Waals surface area contributed by atoms with Gasteiger partial charge in [0.15, 0.2) is 0 Å². The van der Waals surface area contributed by atoms with Gasteiger partial charge in [0.1, 0.15) is 0 Å². The highest BCUT2D eigenvalue weighted by atomic mass is 35.5. The predicted octanol–water partition coefficient (Wildman–Crippen LogP) is 2.22. The zero-order chi connectivity index (χ0) is 13.7. The molecule has 0 spiro atoms. The molecular weight excluding hydrogens is 296 g/mol. The summed E-state index contributed by atoms with van der Waals surface area (Å²) in [6.07, 6.45) is 4.38. The molecule has 20 heavy (non-hydrogen) atoms. The molecule has 1 unspecified atom stereocenters. The average molecular weight is 319 g/mol. The van der Waals surface area contributed by atoms with Gasteiger partial charge < -0.3 is 5.73 Å². The predicted molar refractivity (Wildman–Crippen MR) is 84.4 cm³/mol. The van der Waals surface area contributed by atoms with Crippen molar-refractivity contribution in [3.63, 3.8) is 0 Å². The van der Waals surface area contributed by atoms with E-state index in [9.17, 15) is 8.42 Å². The van der Waals surface area contributed by atoms with Crippen molar-refractivity contribution in [2.45, 2.75) is 31.7 Å². The molecule has 1 saturated carbocycles. The summed E-state index contributed by atoms with van der Waals surface area (Å²) in [6.45, 7) is 0.261. The van der Waals surface area contributed by atoms with E-state index in [-0.39, 0.29) is 30.7 Å². The van der Waals surface area contributed by atoms with Crippen LogP contribution in [0, 0.1) is 5.92 Å². The standard InChI is InChI=1S/C14H22N2O2S.ClH/c15-14(13-7-2-1-3-8-13)11-16-19(17,18)10-9-12-5-4-6-12;/h1-3,7-8,12,14,16H,4-6,9-11,15H2;1H. The molecule has 0 saturated heterocycles. The molecule has 0 bridgehead atoms. The maximum Gasteiger partial charge on any atom is 0.211 e. The molecule has 6 heteroatoms. The Hall–Kier alpha value is -0.620. The van der Waals surface area contributed by atoms with Crippen LogP contribution in [0.15, 0.2) is 30.3 Å². The second-order valence-electron chi connectivity index (χ2n) is 5.27. The molecule has 0 aromatic heterocycles. The van der Waals surface area contributed by atoms with Gasteiger partial charge in [0.2, 0.25) is 10.0 Å². The molecule has 1 aliphatic rings. The van der Waals surface area contributed by atoms with Gasteiger partial charge in [0.05, 0.1) is 5.75 Å². The first-order chi connectivity index (χ1) is 9.07. The van der Waals surface area contributed by atoms with Gasteiger partial charge in [-0.1, -0.05) is 49.6 Å². The van der Waals surface area contributed by atoms with E-state index in [4.69, 9.17) is 5.73 Å². The highest BCUT2D eigenvalue weighted by Gasteiger charge is 2.21. The van der Waals surface area contributed by atoms with Crippen LogP contribution in [-0.4, -0.2) is 20.7 Å². The maximum absolute atomic E-state index is 11.8. The number of nitrogens with two attached hydrogens (primary N) is 1. The first kappa shape index (κ1) is 17.4. The number of nitrogens with one attached hydrogen (secondary N) is 1. The highest BCUT2D eigenvalue weighted by molar-refractivity contribution is 7.89. The zero-order valence-corrected chi connectivity index (χ0v) is 13.1. The van der Waals surface area contributed by atoms with Gasteiger partial charge in [0, 0.05) is 12.6 Å². The van der Waals surface area contributed by atoms with E-state index < -0.39 is 10.0 Å². The monoisotopic (exact) mass is 318 g/mol. The Morgan fingerprint density at radius 2 is 1.90 bits per heavy atom. The van der Waals surface area contributed by atoms with E-state index in [0.717, 1.165) is 12.0 Å². The fourth-order valence-corrected chi connectivity index (χ4v) is 3.43. The van der Waals surface area contributed by atoms with Crippen LogP contribution in [0.4, 0.5) is 0 Å². The van der Waals surface area contributed by atoms with Crippen LogP contribution >= 0.6 is 12.4 Å². The quantitative estimate of drug-likeness (QED) is 0.809. The summed E-state index contributed by atoms with van der Waals surface area (Å²) >= 11 is 0. The Kier molecular flexibility index (Phi) is 6.95. The van der Waals surface area contributed by atoms with Crippen molar-refractivity contribution >= 4 is 22.4 Å². The normalized spacial score (nSPS) is 17.1. The molecule has 2 rings (SSSR count). The van der Waals surface area contributed by atoms with E-state index in [1.54, 1.807) is 0 Å². The van der Waals surface area contributed by atoms with Crippen LogP contribution in [0.5, 0.6) is 0 Å². The lowest BCUT2D eigenvalue weighted by Gasteiger charge is -2.25. The summed E-state index contributed by atoms with van der Waals surface area (Å²) < 4.78 is 26.3. The number of sulfonamides is 1. The molecular formula is C14H23ClN2O2S. The molecule has 0 radical (unpaired) electrons. The number of hydrogen-bond acceptors (Lipinski definition) is 3. The van der Waals surface area contributed by atoms with Crippen molar-refractivity contribution in [2.75, 3.05) is 12.3 Å². The van der Waals surface area contributed by atoms with Gasteiger partial charge >= 0.3 is 0 Å². The largest absolute Gasteiger partial charge is 0.323 e. The zero-order valence-electron chi connectivity index (χ0n) is 11.5. The Morgan fingerprint density at radius 3 is 2.45 bits per heavy atom. The molecule has 4 nitrogen and oxygen atoms in total. The molecule has 1 aliphatic carbocycles. The minimum absolute atomic E-state index is 0. The van der Waals surface area contributed by atoms with E-state index in [2.05, 4.69) is 4.72 Å². The van der Waals surface area contributed by atoms with E-state index >= 15 is 0 Å². The third-order valence-electron chi connectivity index (χ3n) is 3.77. The lowest BCUT2D eigenvalue weighted by Crippen LogP contribution is -2.34. The summed E-state index contributed by atoms with van der Waals surface area (Å²) in [7, 11) is -3.19.